The van der Waals surface area contributed by atoms with Gasteiger partial charge in [-0.2, -0.15) is 0 Å². The molecule has 0 aliphatic heterocycles. The van der Waals surface area contributed by atoms with Crippen molar-refractivity contribution >= 4 is 45.2 Å². The summed E-state index contributed by atoms with van der Waals surface area (Å²) in [6.45, 7) is 3.35. The average molecular weight is 531 g/mol. The molecule has 0 amide bonds. The van der Waals surface area contributed by atoms with Crippen molar-refractivity contribution in [2.75, 3.05) is 5.75 Å². The summed E-state index contributed by atoms with van der Waals surface area (Å²) in [5.41, 5.74) is -1.16. The Bertz CT molecular complexity index is 778. The first-order chi connectivity index (χ1) is 15.5. The molecule has 0 saturated heterocycles. The van der Waals surface area contributed by atoms with E-state index < -0.39 is 51.8 Å². The molecule has 1 atom stereocenters. The van der Waals surface area contributed by atoms with Crippen molar-refractivity contribution in [2.45, 2.75) is 89.2 Å². The monoisotopic (exact) mass is 530 g/mol. The van der Waals surface area contributed by atoms with Crippen molar-refractivity contribution in [3.8, 4) is 0 Å². The van der Waals surface area contributed by atoms with Crippen LogP contribution in [0.4, 0.5) is 22.0 Å². The molecule has 1 rings (SSSR count). The van der Waals surface area contributed by atoms with E-state index in [-0.39, 0.29) is 3.53 Å². The average Bonchev–Trinajstić information content (AvgIpc) is 2.77. The quantitative estimate of drug-likeness (QED) is 0.0810. The molecule has 188 valence electrons. The van der Waals surface area contributed by atoms with Crippen molar-refractivity contribution in [3.05, 3.63) is 34.6 Å². The van der Waals surface area contributed by atoms with Gasteiger partial charge in [0.05, 0.1) is 0 Å². The molecular formula is C23H31F5O2S3. The Morgan fingerprint density at radius 3 is 1.70 bits per heavy atom. The fraction of sp³-hybridized carbons (Fsp3) is 0.652. The zero-order valence-electron chi connectivity index (χ0n) is 19.0. The summed E-state index contributed by atoms with van der Waals surface area (Å²) < 4.78 is 66.6. The van der Waals surface area contributed by atoms with Gasteiger partial charge in [-0.15, -0.1) is 11.8 Å². The van der Waals surface area contributed by atoms with Crippen LogP contribution in [-0.4, -0.2) is 25.1 Å². The van der Waals surface area contributed by atoms with Crippen LogP contribution in [0.5, 0.6) is 0 Å². The fourth-order valence-electron chi connectivity index (χ4n) is 3.26. The third kappa shape index (κ3) is 9.72. The van der Waals surface area contributed by atoms with Crippen molar-refractivity contribution in [2.24, 2.45) is 0 Å². The molecule has 0 bridgehead atoms. The van der Waals surface area contributed by atoms with Gasteiger partial charge in [0.25, 0.3) is 0 Å². The van der Waals surface area contributed by atoms with Crippen LogP contribution in [0.25, 0.3) is 0 Å². The fourth-order valence-corrected chi connectivity index (χ4v) is 6.28. The first-order valence-corrected chi connectivity index (χ1v) is 13.4. The maximum absolute atomic E-state index is 14.0. The maximum Gasteiger partial charge on any atom is 0.320 e. The third-order valence-corrected chi connectivity index (χ3v) is 8.17. The predicted octanol–water partition coefficient (Wildman–Crippen LogP) is 8.44. The number of unbranched alkanes of at least 4 members (excludes halogenated alkanes) is 9. The molecule has 0 saturated carbocycles. The van der Waals surface area contributed by atoms with Crippen LogP contribution in [-0.2, 0) is 11.2 Å². The smallest absolute Gasteiger partial charge is 0.320 e. The molecule has 0 spiro atoms. The molecule has 1 unspecified atom stereocenters. The number of hydrogen-bond acceptors (Lipinski definition) is 4. The second kappa shape index (κ2) is 15.2. The summed E-state index contributed by atoms with van der Waals surface area (Å²) in [5, 5.41) is 9.58. The number of thiocarbonyl (C=S) groups is 1. The molecule has 0 heterocycles. The Morgan fingerprint density at radius 2 is 1.24 bits per heavy atom. The summed E-state index contributed by atoms with van der Waals surface area (Å²) in [6.07, 6.45) is 10.9. The van der Waals surface area contributed by atoms with E-state index in [1.54, 1.807) is 0 Å². The Hall–Kier alpha value is -0.870. The molecule has 0 aliphatic rings. The SMILES string of the molecule is CCCCCCCCCCCCSC(=S)SC(C)(Cc1c(F)c(F)c(F)c(F)c1F)C(=O)O. The number of rotatable bonds is 15. The van der Waals surface area contributed by atoms with E-state index in [4.69, 9.17) is 12.2 Å². The van der Waals surface area contributed by atoms with Crippen LogP contribution in [0.2, 0.25) is 0 Å². The minimum Gasteiger partial charge on any atom is -0.480 e. The highest BCUT2D eigenvalue weighted by Gasteiger charge is 2.39. The number of carbonyl (C=O) groups is 1. The highest BCUT2D eigenvalue weighted by molar-refractivity contribution is 8.47. The number of thioether (sulfide) groups is 2. The Labute approximate surface area is 206 Å². The van der Waals surface area contributed by atoms with Crippen molar-refractivity contribution in [1.29, 1.82) is 0 Å². The van der Waals surface area contributed by atoms with Crippen molar-refractivity contribution in [3.63, 3.8) is 0 Å². The molecular weight excluding hydrogens is 499 g/mol. The molecule has 0 radical (unpaired) electrons. The van der Waals surface area contributed by atoms with Gasteiger partial charge in [0, 0.05) is 12.0 Å². The minimum absolute atomic E-state index is 0.250. The zero-order chi connectivity index (χ0) is 25.0. The second-order valence-corrected chi connectivity index (χ2v) is 11.9. The summed E-state index contributed by atoms with van der Waals surface area (Å²) >= 11 is 7.16. The van der Waals surface area contributed by atoms with Crippen LogP contribution in [0.15, 0.2) is 0 Å². The second-order valence-electron chi connectivity index (χ2n) is 8.14. The van der Waals surface area contributed by atoms with Crippen molar-refractivity contribution in [1.82, 2.24) is 0 Å². The number of carboxylic acid groups (broad SMARTS) is 1. The number of benzene rings is 1. The van der Waals surface area contributed by atoms with Gasteiger partial charge in [0.2, 0.25) is 5.82 Å². The number of aliphatic carboxylic acids is 1. The molecule has 10 heteroatoms. The number of hydrogen-bond donors (Lipinski definition) is 1. The topological polar surface area (TPSA) is 37.3 Å². The van der Waals surface area contributed by atoms with Crippen molar-refractivity contribution < 1.29 is 31.9 Å². The molecule has 0 aliphatic carbocycles. The van der Waals surface area contributed by atoms with E-state index >= 15 is 0 Å². The first-order valence-electron chi connectivity index (χ1n) is 11.1. The van der Waals surface area contributed by atoms with E-state index in [1.807, 2.05) is 0 Å². The highest BCUT2D eigenvalue weighted by Crippen LogP contribution is 2.37. The lowest BCUT2D eigenvalue weighted by Crippen LogP contribution is -2.36. The van der Waals surface area contributed by atoms with E-state index in [1.165, 1.54) is 56.7 Å². The Kier molecular flexibility index (Phi) is 13.9. The normalized spacial score (nSPS) is 13.2. The van der Waals surface area contributed by atoms with E-state index in [0.29, 0.717) is 17.5 Å². The largest absolute Gasteiger partial charge is 0.480 e. The zero-order valence-corrected chi connectivity index (χ0v) is 21.4. The van der Waals surface area contributed by atoms with Gasteiger partial charge >= 0.3 is 5.97 Å². The molecule has 1 aromatic rings. The molecule has 0 aromatic heterocycles. The van der Waals surface area contributed by atoms with Gasteiger partial charge in [-0.3, -0.25) is 4.79 Å². The van der Waals surface area contributed by atoms with E-state index in [0.717, 1.165) is 26.2 Å². The Balaban J connectivity index is 2.51. The molecule has 33 heavy (non-hydrogen) atoms. The van der Waals surface area contributed by atoms with Gasteiger partial charge in [-0.05, 0) is 19.1 Å². The van der Waals surface area contributed by atoms with Crippen LogP contribution < -0.4 is 0 Å². The van der Waals surface area contributed by atoms with Gasteiger partial charge in [-0.1, -0.05) is 88.7 Å². The molecule has 1 aromatic carbocycles. The van der Waals surface area contributed by atoms with Gasteiger partial charge < -0.3 is 5.11 Å². The summed E-state index contributed by atoms with van der Waals surface area (Å²) in [4.78, 5) is 11.8. The van der Waals surface area contributed by atoms with Crippen LogP contribution in [0, 0.1) is 29.1 Å². The summed E-state index contributed by atoms with van der Waals surface area (Å²) in [6, 6.07) is 0. The van der Waals surface area contributed by atoms with Crippen LogP contribution in [0.1, 0.15) is 83.6 Å². The van der Waals surface area contributed by atoms with E-state index in [2.05, 4.69) is 6.92 Å². The molecule has 2 nitrogen and oxygen atoms in total. The third-order valence-electron chi connectivity index (χ3n) is 5.29. The molecule has 0 fully saturated rings. The van der Waals surface area contributed by atoms with Gasteiger partial charge in [0.15, 0.2) is 23.3 Å². The maximum atomic E-state index is 14.0. The van der Waals surface area contributed by atoms with Gasteiger partial charge in [0.1, 0.15) is 8.28 Å². The standard InChI is InChI=1S/C23H31F5O2S3/c1-3-4-5-6-7-8-9-10-11-12-13-32-22(31)33-23(2,21(29)30)14-15-16(24)18(26)20(28)19(27)17(15)25/h3-14H2,1-2H3,(H,29,30). The van der Waals surface area contributed by atoms with Crippen LogP contribution >= 0.6 is 35.7 Å². The first kappa shape index (κ1) is 30.2. The number of halogens is 5. The lowest BCUT2D eigenvalue weighted by molar-refractivity contribution is -0.139. The molecule has 1 N–H and O–H groups in total. The Morgan fingerprint density at radius 1 is 0.818 bits per heavy atom. The summed E-state index contributed by atoms with van der Waals surface area (Å²) in [5.74, 6) is -11.3. The van der Waals surface area contributed by atoms with Gasteiger partial charge in [-0.25, -0.2) is 22.0 Å². The van der Waals surface area contributed by atoms with E-state index in [9.17, 15) is 31.9 Å². The minimum atomic E-state index is -2.28. The predicted molar refractivity (Wildman–Crippen MR) is 130 cm³/mol. The lowest BCUT2D eigenvalue weighted by Gasteiger charge is -2.25. The number of carboxylic acids is 1. The summed E-state index contributed by atoms with van der Waals surface area (Å²) in [7, 11) is 0. The van der Waals surface area contributed by atoms with Crippen LogP contribution in [0.3, 0.4) is 0 Å². The lowest BCUT2D eigenvalue weighted by atomic mass is 9.98. The highest BCUT2D eigenvalue weighted by atomic mass is 32.2.